The number of amides is 2. The van der Waals surface area contributed by atoms with Gasteiger partial charge < -0.3 is 44.3 Å². The van der Waals surface area contributed by atoms with Crippen molar-refractivity contribution in [1.82, 2.24) is 35.6 Å². The van der Waals surface area contributed by atoms with Crippen molar-refractivity contribution in [2.45, 2.75) is 65.6 Å². The minimum Gasteiger partial charge on any atom is -0.484 e. The van der Waals surface area contributed by atoms with Crippen LogP contribution >= 0.6 is 0 Å². The van der Waals surface area contributed by atoms with Crippen LogP contribution in [0.5, 0.6) is 23.4 Å². The Hall–Kier alpha value is -7.56. The molecule has 0 saturated carbocycles. The Kier molecular flexibility index (Phi) is 16.5. The number of benzene rings is 1. The second-order valence-electron chi connectivity index (χ2n) is 17.1. The molecule has 6 rings (SSSR count). The maximum Gasteiger partial charge on any atom is 0.326 e. The molecule has 5 aromatic rings. The van der Waals surface area contributed by atoms with Crippen LogP contribution in [0.25, 0.3) is 11.3 Å². The molecule has 1 aliphatic rings. The summed E-state index contributed by atoms with van der Waals surface area (Å²) in [6.45, 7) is 11.3. The number of anilines is 1. The number of hydrogen-bond acceptors (Lipinski definition) is 16. The zero-order valence-electron chi connectivity index (χ0n) is 38.0. The number of ether oxygens (including phenoxy) is 5. The van der Waals surface area contributed by atoms with Crippen LogP contribution in [0.1, 0.15) is 79.4 Å². The van der Waals surface area contributed by atoms with E-state index < -0.39 is 23.5 Å². The van der Waals surface area contributed by atoms with Crippen molar-refractivity contribution in [3.8, 4) is 40.7 Å². The number of hydrogen-bond donors (Lipinski definition) is 3. The number of carbonyl (C=O) groups excluding carboxylic acids is 3. The van der Waals surface area contributed by atoms with Gasteiger partial charge in [-0.25, -0.2) is 29.7 Å². The molecule has 0 bridgehead atoms. The highest BCUT2D eigenvalue weighted by Crippen LogP contribution is 2.40. The van der Waals surface area contributed by atoms with Crippen LogP contribution in [0.15, 0.2) is 85.5 Å². The van der Waals surface area contributed by atoms with E-state index in [1.165, 1.54) is 18.3 Å². The van der Waals surface area contributed by atoms with Gasteiger partial charge in [0, 0.05) is 61.1 Å². The Morgan fingerprint density at radius 3 is 2.34 bits per heavy atom. The first-order chi connectivity index (χ1) is 32.1. The third-order valence-corrected chi connectivity index (χ3v) is 10.4. The molecule has 0 unspecified atom stereocenters. The number of aliphatic carboxylic acids is 1. The number of nitrogens with one attached hydrogen (secondary N) is 2. The maximum absolute atomic E-state index is 13.3. The SMILES string of the molecule is CC(C)(C)CC[C@H](NC(=O)c1ccc(Oc2cccc(OCC(=O)NCCOCCOCCOc3ncc(-c4ccc5c(n4)N(Cc4cccnc4C#N)C(C)(C)C5=O)cn3)c2)nc1)C(=O)O. The molecular formula is C48H53N9O10. The largest absolute Gasteiger partial charge is 0.484 e. The van der Waals surface area contributed by atoms with E-state index in [1.807, 2.05) is 45.6 Å². The summed E-state index contributed by atoms with van der Waals surface area (Å²) >= 11 is 0. The van der Waals surface area contributed by atoms with Gasteiger partial charge in [0.25, 0.3) is 11.8 Å². The molecule has 3 N–H and O–H groups in total. The zero-order chi connectivity index (χ0) is 48.0. The Morgan fingerprint density at radius 1 is 0.881 bits per heavy atom. The molecule has 19 nitrogen and oxygen atoms in total. The number of carboxylic acids is 1. The highest BCUT2D eigenvalue weighted by Gasteiger charge is 2.45. The van der Waals surface area contributed by atoms with Crippen molar-refractivity contribution in [2.24, 2.45) is 5.41 Å². The van der Waals surface area contributed by atoms with Crippen molar-refractivity contribution in [1.29, 1.82) is 5.26 Å². The molecule has 0 fully saturated rings. The zero-order valence-corrected chi connectivity index (χ0v) is 38.0. The monoisotopic (exact) mass is 915 g/mol. The minimum atomic E-state index is -1.10. The summed E-state index contributed by atoms with van der Waals surface area (Å²) in [7, 11) is 0. The molecule has 0 saturated heterocycles. The summed E-state index contributed by atoms with van der Waals surface area (Å²) in [6, 6.07) is 18.0. The molecule has 1 atom stereocenters. The number of fused-ring (bicyclic) bond motifs is 1. The van der Waals surface area contributed by atoms with Gasteiger partial charge in [-0.3, -0.25) is 14.4 Å². The number of aromatic nitrogens is 5. The van der Waals surface area contributed by atoms with E-state index in [4.69, 9.17) is 28.7 Å². The first kappa shape index (κ1) is 48.9. The molecule has 4 aromatic heterocycles. The van der Waals surface area contributed by atoms with Gasteiger partial charge in [0.2, 0.25) is 5.88 Å². The normalized spacial score (nSPS) is 13.3. The van der Waals surface area contributed by atoms with Crippen molar-refractivity contribution in [3.63, 3.8) is 0 Å². The molecule has 67 heavy (non-hydrogen) atoms. The Morgan fingerprint density at radius 2 is 1.63 bits per heavy atom. The number of rotatable bonds is 23. The van der Waals surface area contributed by atoms with Gasteiger partial charge in [-0.05, 0) is 68.5 Å². The van der Waals surface area contributed by atoms with E-state index in [2.05, 4.69) is 36.6 Å². The molecule has 0 radical (unpaired) electrons. The van der Waals surface area contributed by atoms with Crippen LogP contribution in [0.2, 0.25) is 0 Å². The Bertz CT molecular complexity index is 2560. The first-order valence-corrected chi connectivity index (χ1v) is 21.6. The van der Waals surface area contributed by atoms with Crippen molar-refractivity contribution in [3.05, 3.63) is 108 Å². The lowest BCUT2D eigenvalue weighted by Gasteiger charge is -2.32. The lowest BCUT2D eigenvalue weighted by atomic mass is 9.88. The molecular weight excluding hydrogens is 863 g/mol. The van der Waals surface area contributed by atoms with E-state index >= 15 is 0 Å². The van der Waals surface area contributed by atoms with Gasteiger partial charge in [0.05, 0.1) is 48.8 Å². The summed E-state index contributed by atoms with van der Waals surface area (Å²) in [4.78, 5) is 73.7. The fourth-order valence-corrected chi connectivity index (χ4v) is 6.72. The predicted molar refractivity (Wildman–Crippen MR) is 243 cm³/mol. The fraction of sp³-hybridized carbons (Fsp3) is 0.375. The number of nitrogens with zero attached hydrogens (tertiary/aromatic N) is 7. The lowest BCUT2D eigenvalue weighted by molar-refractivity contribution is -0.139. The van der Waals surface area contributed by atoms with Gasteiger partial charge in [-0.1, -0.05) is 32.9 Å². The van der Waals surface area contributed by atoms with Gasteiger partial charge >= 0.3 is 12.0 Å². The Balaban J connectivity index is 0.833. The van der Waals surface area contributed by atoms with E-state index in [1.54, 1.807) is 61.1 Å². The third kappa shape index (κ3) is 13.7. The fourth-order valence-electron chi connectivity index (χ4n) is 6.72. The minimum absolute atomic E-state index is 0.0634. The van der Waals surface area contributed by atoms with Crippen LogP contribution in [-0.2, 0) is 25.6 Å². The molecule has 5 heterocycles. The van der Waals surface area contributed by atoms with Crippen LogP contribution in [0, 0.1) is 16.7 Å². The van der Waals surface area contributed by atoms with Crippen molar-refractivity contribution >= 4 is 29.4 Å². The molecule has 2 amide bonds. The van der Waals surface area contributed by atoms with E-state index in [9.17, 15) is 29.5 Å². The van der Waals surface area contributed by atoms with Gasteiger partial charge in [0.15, 0.2) is 12.4 Å². The average molecular weight is 916 g/mol. The van der Waals surface area contributed by atoms with Crippen LogP contribution in [-0.4, -0.2) is 111 Å². The summed E-state index contributed by atoms with van der Waals surface area (Å²) in [5.41, 5.74) is 1.93. The molecule has 1 aromatic carbocycles. The Labute approximate surface area is 387 Å². The number of ketones is 1. The summed E-state index contributed by atoms with van der Waals surface area (Å²) in [5, 5.41) is 24.4. The highest BCUT2D eigenvalue weighted by molar-refractivity contribution is 6.13. The second-order valence-corrected chi connectivity index (χ2v) is 17.1. The molecule has 350 valence electrons. The number of nitriles is 1. The van der Waals surface area contributed by atoms with Gasteiger partial charge in [-0.2, -0.15) is 5.26 Å². The smallest absolute Gasteiger partial charge is 0.326 e. The molecule has 1 aliphatic heterocycles. The summed E-state index contributed by atoms with van der Waals surface area (Å²) in [6.07, 6.45) is 6.97. The maximum atomic E-state index is 13.3. The second kappa shape index (κ2) is 22.6. The molecule has 19 heteroatoms. The number of Topliss-reactive ketones (excluding diaryl/α,β-unsaturated/α-hetero) is 1. The van der Waals surface area contributed by atoms with Gasteiger partial charge in [-0.15, -0.1) is 0 Å². The molecule has 0 aliphatic carbocycles. The van der Waals surface area contributed by atoms with E-state index in [-0.39, 0.29) is 74.1 Å². The summed E-state index contributed by atoms with van der Waals surface area (Å²) in [5.74, 6) is -0.574. The van der Waals surface area contributed by atoms with Crippen molar-refractivity contribution < 1.29 is 48.0 Å². The quantitative estimate of drug-likeness (QED) is 0.0676. The first-order valence-electron chi connectivity index (χ1n) is 21.6. The average Bonchev–Trinajstić information content (AvgIpc) is 3.50. The van der Waals surface area contributed by atoms with Crippen molar-refractivity contribution in [2.75, 3.05) is 51.1 Å². The van der Waals surface area contributed by atoms with E-state index in [0.29, 0.717) is 71.5 Å². The van der Waals surface area contributed by atoms with Crippen LogP contribution < -0.4 is 29.7 Å². The predicted octanol–water partition coefficient (Wildman–Crippen LogP) is 5.59. The third-order valence-electron chi connectivity index (χ3n) is 10.4. The lowest BCUT2D eigenvalue weighted by Crippen LogP contribution is -2.44. The topological polar surface area (TPSA) is 250 Å². The van der Waals surface area contributed by atoms with Gasteiger partial charge in [0.1, 0.15) is 41.7 Å². The van der Waals surface area contributed by atoms with E-state index in [0.717, 1.165) is 0 Å². The van der Waals surface area contributed by atoms with Crippen LogP contribution in [0.4, 0.5) is 5.82 Å². The number of carbonyl (C=O) groups is 4. The van der Waals surface area contributed by atoms with Crippen LogP contribution in [0.3, 0.4) is 0 Å². The standard InChI is InChI=1S/C48H53N9O10/c1-47(2,3)16-15-38(45(61)62)56-44(60)31-11-14-41(52-26-31)67-35-10-6-9-34(24-35)66-30-40(58)51-18-19-63-20-21-64-22-23-65-46-53-27-33(28-54-46)37-13-12-36-42(59)48(4,5)57(43(36)55-37)29-32-8-7-17-50-39(32)25-49/h6-14,17,24,26-28,38H,15-16,18-23,29-30H2,1-5H3,(H,51,58)(H,56,60)(H,61,62)/t38-/m0/s1. The highest BCUT2D eigenvalue weighted by atomic mass is 16.5. The number of pyridine rings is 3. The molecule has 0 spiro atoms. The number of carboxylic acid groups (broad SMARTS) is 1. The summed E-state index contributed by atoms with van der Waals surface area (Å²) < 4.78 is 28.1.